The van der Waals surface area contributed by atoms with E-state index in [0.29, 0.717) is 0 Å². The van der Waals surface area contributed by atoms with Gasteiger partial charge in [-0.2, -0.15) is 0 Å². The largest absolute Gasteiger partial charge is 0.255 e. The van der Waals surface area contributed by atoms with Gasteiger partial charge in [0.15, 0.2) is 0 Å². The Morgan fingerprint density at radius 2 is 1.80 bits per heavy atom. The molecule has 0 spiro atoms. The van der Waals surface area contributed by atoms with E-state index in [-0.39, 0.29) is 0 Å². The van der Waals surface area contributed by atoms with Crippen LogP contribution in [0, 0.1) is 0 Å². The van der Waals surface area contributed by atoms with Crippen molar-refractivity contribution in [1.29, 1.82) is 0 Å². The zero-order valence-corrected chi connectivity index (χ0v) is 11.1. The van der Waals surface area contributed by atoms with Gasteiger partial charge in [0, 0.05) is 16.5 Å². The molecule has 1 heterocycles. The third kappa shape index (κ3) is 2.61. The first-order valence-corrected chi connectivity index (χ1v) is 10.1. The van der Waals surface area contributed by atoms with Gasteiger partial charge in [0.1, 0.15) is 7.22 Å². The van der Waals surface area contributed by atoms with Gasteiger partial charge in [0.25, 0.3) is 0 Å². The van der Waals surface area contributed by atoms with Crippen molar-refractivity contribution in [3.05, 3.63) is 36.5 Å². The molecule has 0 saturated carbocycles. The van der Waals surface area contributed by atoms with Crippen molar-refractivity contribution in [1.82, 2.24) is 4.98 Å². The molecule has 0 bridgehead atoms. The number of nitrogens with zero attached hydrogens (tertiary/aromatic N) is 1. The third-order valence-corrected chi connectivity index (χ3v) is 5.67. The van der Waals surface area contributed by atoms with Crippen LogP contribution in [0.2, 0.25) is 19.6 Å². The number of aromatic nitrogens is 1. The Kier molecular flexibility index (Phi) is 2.84. The van der Waals surface area contributed by atoms with Gasteiger partial charge < -0.3 is 0 Å². The van der Waals surface area contributed by atoms with Crippen molar-refractivity contribution >= 4 is 29.3 Å². The molecule has 1 aromatic heterocycles. The van der Waals surface area contributed by atoms with E-state index in [9.17, 15) is 0 Å². The quantitative estimate of drug-likeness (QED) is 0.722. The molecule has 0 amide bonds. The molecule has 0 N–H and O–H groups in total. The average Bonchev–Trinajstić information content (AvgIpc) is 2.16. The zero-order chi connectivity index (χ0) is 10.9. The SMILES string of the molecule is C[Si](C)(C)Sc1cccc2cccnc12. The molecule has 0 saturated heterocycles. The maximum atomic E-state index is 4.47. The van der Waals surface area contributed by atoms with E-state index in [1.165, 1.54) is 10.3 Å². The number of pyridine rings is 1. The summed E-state index contributed by atoms with van der Waals surface area (Å²) in [6.45, 7) is 7.08. The molecule has 2 rings (SSSR count). The topological polar surface area (TPSA) is 12.9 Å². The predicted molar refractivity (Wildman–Crippen MR) is 70.9 cm³/mol. The molecule has 0 fully saturated rings. The smallest absolute Gasteiger partial charge is 0.114 e. The fourth-order valence-electron chi connectivity index (χ4n) is 1.49. The fourth-order valence-corrected chi connectivity index (χ4v) is 5.04. The maximum Gasteiger partial charge on any atom is 0.114 e. The Labute approximate surface area is 95.6 Å². The predicted octanol–water partition coefficient (Wildman–Crippen LogP) is 4.16. The van der Waals surface area contributed by atoms with Crippen LogP contribution in [0.1, 0.15) is 0 Å². The molecule has 2 aromatic rings. The number of para-hydroxylation sites is 1. The van der Waals surface area contributed by atoms with Crippen LogP contribution >= 0.6 is 11.2 Å². The van der Waals surface area contributed by atoms with Crippen molar-refractivity contribution in [2.24, 2.45) is 0 Å². The van der Waals surface area contributed by atoms with Gasteiger partial charge in [-0.25, -0.2) is 0 Å². The normalized spacial score (nSPS) is 11.9. The highest BCUT2D eigenvalue weighted by Crippen LogP contribution is 2.33. The fraction of sp³-hybridized carbons (Fsp3) is 0.250. The number of fused-ring (bicyclic) bond motifs is 1. The first-order valence-electron chi connectivity index (χ1n) is 5.09. The molecule has 1 nitrogen and oxygen atoms in total. The minimum Gasteiger partial charge on any atom is -0.255 e. The van der Waals surface area contributed by atoms with Crippen LogP contribution in [-0.4, -0.2) is 12.2 Å². The Balaban J connectivity index is 2.52. The Hall–Kier alpha value is -0.803. The lowest BCUT2D eigenvalue weighted by molar-refractivity contribution is 1.35. The Morgan fingerprint density at radius 1 is 1.07 bits per heavy atom. The van der Waals surface area contributed by atoms with Gasteiger partial charge in [-0.05, 0) is 12.1 Å². The molecule has 3 heteroatoms. The van der Waals surface area contributed by atoms with E-state index in [1.54, 1.807) is 0 Å². The summed E-state index contributed by atoms with van der Waals surface area (Å²) in [7, 11) is -1.14. The molecule has 15 heavy (non-hydrogen) atoms. The minimum atomic E-state index is -1.14. The zero-order valence-electron chi connectivity index (χ0n) is 9.32. The second-order valence-electron chi connectivity index (χ2n) is 4.55. The van der Waals surface area contributed by atoms with E-state index in [0.717, 1.165) is 5.52 Å². The van der Waals surface area contributed by atoms with Crippen molar-refractivity contribution in [3.8, 4) is 0 Å². The Morgan fingerprint density at radius 3 is 2.53 bits per heavy atom. The highest BCUT2D eigenvalue weighted by atomic mass is 32.4. The van der Waals surface area contributed by atoms with Gasteiger partial charge in [0.2, 0.25) is 0 Å². The average molecular weight is 233 g/mol. The van der Waals surface area contributed by atoms with E-state index in [4.69, 9.17) is 0 Å². The van der Waals surface area contributed by atoms with Crippen molar-refractivity contribution in [2.45, 2.75) is 24.5 Å². The summed E-state index contributed by atoms with van der Waals surface area (Å²) in [5, 5.41) is 1.24. The summed E-state index contributed by atoms with van der Waals surface area (Å²) in [5.74, 6) is 0. The van der Waals surface area contributed by atoms with Crippen LogP contribution in [0.15, 0.2) is 41.4 Å². The van der Waals surface area contributed by atoms with Crippen LogP contribution in [-0.2, 0) is 0 Å². The van der Waals surface area contributed by atoms with Crippen LogP contribution in [0.5, 0.6) is 0 Å². The number of rotatable bonds is 2. The number of hydrogen-bond donors (Lipinski definition) is 0. The number of benzene rings is 1. The molecule has 0 aliphatic rings. The van der Waals surface area contributed by atoms with Crippen LogP contribution in [0.25, 0.3) is 10.9 Å². The highest BCUT2D eigenvalue weighted by molar-refractivity contribution is 8.28. The molecule has 0 radical (unpaired) electrons. The molecule has 0 unspecified atom stereocenters. The monoisotopic (exact) mass is 233 g/mol. The summed E-state index contributed by atoms with van der Waals surface area (Å²) in [6.07, 6.45) is 1.87. The van der Waals surface area contributed by atoms with Crippen LogP contribution in [0.3, 0.4) is 0 Å². The van der Waals surface area contributed by atoms with Crippen molar-refractivity contribution in [2.75, 3.05) is 0 Å². The lowest BCUT2D eigenvalue weighted by Crippen LogP contribution is -2.13. The summed E-state index contributed by atoms with van der Waals surface area (Å²) in [4.78, 5) is 5.79. The van der Waals surface area contributed by atoms with Gasteiger partial charge in [-0.15, -0.1) is 11.2 Å². The second-order valence-corrected chi connectivity index (χ2v) is 13.7. The molecular weight excluding hydrogens is 218 g/mol. The van der Waals surface area contributed by atoms with E-state index in [2.05, 4.69) is 48.9 Å². The van der Waals surface area contributed by atoms with E-state index < -0.39 is 7.22 Å². The highest BCUT2D eigenvalue weighted by Gasteiger charge is 2.16. The summed E-state index contributed by atoms with van der Waals surface area (Å²) < 4.78 is 0. The van der Waals surface area contributed by atoms with Crippen LogP contribution < -0.4 is 0 Å². The minimum absolute atomic E-state index is 1.14. The molecule has 78 valence electrons. The molecule has 1 aromatic carbocycles. The van der Waals surface area contributed by atoms with Gasteiger partial charge in [0.05, 0.1) is 5.52 Å². The van der Waals surface area contributed by atoms with E-state index >= 15 is 0 Å². The maximum absolute atomic E-state index is 4.47. The summed E-state index contributed by atoms with van der Waals surface area (Å²) >= 11 is 2.01. The van der Waals surface area contributed by atoms with Crippen LogP contribution in [0.4, 0.5) is 0 Å². The van der Waals surface area contributed by atoms with Gasteiger partial charge in [-0.1, -0.05) is 37.8 Å². The van der Waals surface area contributed by atoms with Gasteiger partial charge in [-0.3, -0.25) is 4.98 Å². The summed E-state index contributed by atoms with van der Waals surface area (Å²) in [5.41, 5.74) is 1.15. The molecule has 0 aliphatic carbocycles. The molecule has 0 aliphatic heterocycles. The lowest BCUT2D eigenvalue weighted by atomic mass is 10.2. The lowest BCUT2D eigenvalue weighted by Gasteiger charge is -2.16. The molecule has 0 atom stereocenters. The molecular formula is C12H15NSSi. The number of hydrogen-bond acceptors (Lipinski definition) is 2. The Bertz CT molecular complexity index is 471. The second kappa shape index (κ2) is 3.98. The van der Waals surface area contributed by atoms with Crippen molar-refractivity contribution in [3.63, 3.8) is 0 Å². The summed E-state index contributed by atoms with van der Waals surface area (Å²) in [6, 6.07) is 10.5. The first-order chi connectivity index (χ1) is 7.06. The van der Waals surface area contributed by atoms with Gasteiger partial charge >= 0.3 is 0 Å². The first kappa shape index (κ1) is 10.7. The third-order valence-electron chi connectivity index (χ3n) is 2.01. The van der Waals surface area contributed by atoms with E-state index in [1.807, 2.05) is 23.5 Å². The standard InChI is InChI=1S/C12H15NSSi/c1-15(2,3)14-11-8-4-6-10-7-5-9-13-12(10)11/h4-9H,1-3H3. The van der Waals surface area contributed by atoms with Crippen molar-refractivity contribution < 1.29 is 0 Å².